The quantitative estimate of drug-likeness (QED) is 0.923. The minimum absolute atomic E-state index is 0.110. The summed E-state index contributed by atoms with van der Waals surface area (Å²) < 4.78 is 5.44. The topological polar surface area (TPSA) is 58.6 Å². The van der Waals surface area contributed by atoms with Gasteiger partial charge in [0.2, 0.25) is 5.91 Å². The molecule has 0 saturated carbocycles. The van der Waals surface area contributed by atoms with E-state index in [1.807, 2.05) is 52.0 Å². The van der Waals surface area contributed by atoms with Gasteiger partial charge in [0, 0.05) is 13.1 Å². The molecule has 0 aromatic heterocycles. The molecule has 132 valence electrons. The molecule has 2 rings (SSSR count). The number of carbonyl (C=O) groups is 2. The molecule has 1 aliphatic heterocycles. The van der Waals surface area contributed by atoms with Crippen molar-refractivity contribution in [1.29, 1.82) is 0 Å². The summed E-state index contributed by atoms with van der Waals surface area (Å²) in [4.78, 5) is 26.5. The van der Waals surface area contributed by atoms with E-state index < -0.39 is 17.7 Å². The standard InChI is InChI=1S/C19H28N2O3/c1-14-8-10-15(11-9-14)13-20-17(22)16-7-5-6-12-21(16)18(23)24-19(2,3)4/h8-11,16H,5-7,12-13H2,1-4H3,(H,20,22)/t16-/m0/s1. The number of likely N-dealkylation sites (tertiary alicyclic amines) is 1. The fraction of sp³-hybridized carbons (Fsp3) is 0.579. The molecule has 0 aliphatic carbocycles. The molecule has 2 amide bonds. The zero-order valence-corrected chi connectivity index (χ0v) is 15.1. The molecule has 1 atom stereocenters. The number of ether oxygens (including phenoxy) is 1. The lowest BCUT2D eigenvalue weighted by Crippen LogP contribution is -2.52. The Morgan fingerprint density at radius 1 is 1.21 bits per heavy atom. The molecule has 24 heavy (non-hydrogen) atoms. The Morgan fingerprint density at radius 3 is 2.50 bits per heavy atom. The van der Waals surface area contributed by atoms with Gasteiger partial charge in [-0.2, -0.15) is 0 Å². The molecule has 1 aromatic carbocycles. The van der Waals surface area contributed by atoms with Crippen LogP contribution in [0, 0.1) is 6.92 Å². The summed E-state index contributed by atoms with van der Waals surface area (Å²) in [5.41, 5.74) is 1.68. The normalized spacial score (nSPS) is 18.2. The summed E-state index contributed by atoms with van der Waals surface area (Å²) >= 11 is 0. The Balaban J connectivity index is 1.97. The van der Waals surface area contributed by atoms with E-state index in [9.17, 15) is 9.59 Å². The van der Waals surface area contributed by atoms with Gasteiger partial charge >= 0.3 is 6.09 Å². The van der Waals surface area contributed by atoms with Crippen LogP contribution in [-0.4, -0.2) is 35.1 Å². The van der Waals surface area contributed by atoms with Crippen LogP contribution in [0.2, 0.25) is 0 Å². The molecule has 1 heterocycles. The summed E-state index contributed by atoms with van der Waals surface area (Å²) in [6.07, 6.45) is 2.12. The lowest BCUT2D eigenvalue weighted by Gasteiger charge is -2.35. The summed E-state index contributed by atoms with van der Waals surface area (Å²) in [7, 11) is 0. The van der Waals surface area contributed by atoms with Crippen molar-refractivity contribution >= 4 is 12.0 Å². The molecular weight excluding hydrogens is 304 g/mol. The van der Waals surface area contributed by atoms with Crippen molar-refractivity contribution in [3.8, 4) is 0 Å². The molecule has 0 radical (unpaired) electrons. The third-order valence-corrected chi connectivity index (χ3v) is 4.02. The molecule has 5 nitrogen and oxygen atoms in total. The van der Waals surface area contributed by atoms with Crippen LogP contribution < -0.4 is 5.32 Å². The van der Waals surface area contributed by atoms with Gasteiger partial charge in [0.1, 0.15) is 11.6 Å². The molecular formula is C19H28N2O3. The monoisotopic (exact) mass is 332 g/mol. The highest BCUT2D eigenvalue weighted by Gasteiger charge is 2.34. The first-order chi connectivity index (χ1) is 11.3. The van der Waals surface area contributed by atoms with Crippen molar-refractivity contribution in [1.82, 2.24) is 10.2 Å². The molecule has 5 heteroatoms. The first-order valence-corrected chi connectivity index (χ1v) is 8.59. The minimum atomic E-state index is -0.558. The van der Waals surface area contributed by atoms with Crippen LogP contribution >= 0.6 is 0 Å². The second-order valence-corrected chi connectivity index (χ2v) is 7.39. The van der Waals surface area contributed by atoms with Gasteiger partial charge < -0.3 is 10.1 Å². The number of hydrogen-bond donors (Lipinski definition) is 1. The van der Waals surface area contributed by atoms with Crippen molar-refractivity contribution < 1.29 is 14.3 Å². The number of nitrogens with one attached hydrogen (secondary N) is 1. The first kappa shape index (κ1) is 18.3. The van der Waals surface area contributed by atoms with Crippen LogP contribution in [0.1, 0.15) is 51.2 Å². The van der Waals surface area contributed by atoms with Gasteiger partial charge in [-0.3, -0.25) is 9.69 Å². The van der Waals surface area contributed by atoms with Crippen LogP contribution in [-0.2, 0) is 16.1 Å². The maximum absolute atomic E-state index is 12.6. The molecule has 1 fully saturated rings. The molecule has 1 N–H and O–H groups in total. The largest absolute Gasteiger partial charge is 0.444 e. The van der Waals surface area contributed by atoms with Crippen molar-refractivity contribution in [2.45, 2.75) is 65.1 Å². The van der Waals surface area contributed by atoms with Crippen molar-refractivity contribution in [3.63, 3.8) is 0 Å². The van der Waals surface area contributed by atoms with Crippen LogP contribution in [0.3, 0.4) is 0 Å². The number of piperidine rings is 1. The fourth-order valence-electron chi connectivity index (χ4n) is 2.76. The SMILES string of the molecule is Cc1ccc(CNC(=O)[C@@H]2CCCCN2C(=O)OC(C)(C)C)cc1. The van der Waals surface area contributed by atoms with Gasteiger partial charge in [-0.25, -0.2) is 4.79 Å². The Hall–Kier alpha value is -2.04. The van der Waals surface area contributed by atoms with E-state index in [2.05, 4.69) is 5.32 Å². The molecule has 0 bridgehead atoms. The second-order valence-electron chi connectivity index (χ2n) is 7.39. The van der Waals surface area contributed by atoms with Crippen molar-refractivity contribution in [2.75, 3.05) is 6.54 Å². The predicted molar refractivity (Wildman–Crippen MR) is 93.6 cm³/mol. The highest BCUT2D eigenvalue weighted by Crippen LogP contribution is 2.20. The highest BCUT2D eigenvalue weighted by atomic mass is 16.6. The van der Waals surface area contributed by atoms with E-state index in [4.69, 9.17) is 4.74 Å². The van der Waals surface area contributed by atoms with Crippen molar-refractivity contribution in [3.05, 3.63) is 35.4 Å². The van der Waals surface area contributed by atoms with E-state index in [-0.39, 0.29) is 5.91 Å². The lowest BCUT2D eigenvalue weighted by atomic mass is 10.0. The number of carbonyl (C=O) groups excluding carboxylic acids is 2. The Kier molecular flexibility index (Phi) is 5.86. The van der Waals surface area contributed by atoms with Gasteiger partial charge in [-0.15, -0.1) is 0 Å². The number of aryl methyl sites for hydroxylation is 1. The highest BCUT2D eigenvalue weighted by molar-refractivity contribution is 5.85. The Morgan fingerprint density at radius 2 is 1.88 bits per heavy atom. The number of amides is 2. The number of benzene rings is 1. The molecule has 0 spiro atoms. The maximum Gasteiger partial charge on any atom is 0.410 e. The lowest BCUT2D eigenvalue weighted by molar-refractivity contribution is -0.127. The van der Waals surface area contributed by atoms with Gasteiger partial charge in [-0.1, -0.05) is 29.8 Å². The summed E-state index contributed by atoms with van der Waals surface area (Å²) in [5, 5.41) is 2.95. The molecule has 1 aromatic rings. The zero-order valence-electron chi connectivity index (χ0n) is 15.1. The van der Waals surface area contributed by atoms with Gasteiger partial charge in [0.05, 0.1) is 0 Å². The average molecular weight is 332 g/mol. The van der Waals surface area contributed by atoms with Crippen LogP contribution in [0.25, 0.3) is 0 Å². The number of nitrogens with zero attached hydrogens (tertiary/aromatic N) is 1. The van der Waals surface area contributed by atoms with E-state index in [1.54, 1.807) is 4.90 Å². The van der Waals surface area contributed by atoms with Gasteiger partial charge in [-0.05, 0) is 52.5 Å². The predicted octanol–water partition coefficient (Wildman–Crippen LogP) is 3.40. The number of rotatable bonds is 3. The van der Waals surface area contributed by atoms with E-state index in [0.717, 1.165) is 18.4 Å². The van der Waals surface area contributed by atoms with Crippen LogP contribution in [0.5, 0.6) is 0 Å². The third kappa shape index (κ3) is 5.25. The van der Waals surface area contributed by atoms with E-state index in [1.165, 1.54) is 5.56 Å². The minimum Gasteiger partial charge on any atom is -0.444 e. The summed E-state index contributed by atoms with van der Waals surface area (Å²) in [5.74, 6) is -0.110. The fourth-order valence-corrected chi connectivity index (χ4v) is 2.76. The summed E-state index contributed by atoms with van der Waals surface area (Å²) in [6.45, 7) is 8.57. The first-order valence-electron chi connectivity index (χ1n) is 8.59. The van der Waals surface area contributed by atoms with Crippen LogP contribution in [0.15, 0.2) is 24.3 Å². The Bertz CT molecular complexity index is 575. The maximum atomic E-state index is 12.6. The molecule has 1 saturated heterocycles. The zero-order chi connectivity index (χ0) is 17.7. The van der Waals surface area contributed by atoms with E-state index >= 15 is 0 Å². The smallest absolute Gasteiger partial charge is 0.410 e. The second kappa shape index (κ2) is 7.69. The van der Waals surface area contributed by atoms with Gasteiger partial charge in [0.15, 0.2) is 0 Å². The van der Waals surface area contributed by atoms with Gasteiger partial charge in [0.25, 0.3) is 0 Å². The molecule has 1 aliphatic rings. The average Bonchev–Trinajstić information content (AvgIpc) is 2.52. The summed E-state index contributed by atoms with van der Waals surface area (Å²) in [6, 6.07) is 7.60. The molecule has 0 unspecified atom stereocenters. The third-order valence-electron chi connectivity index (χ3n) is 4.02. The van der Waals surface area contributed by atoms with Crippen LogP contribution in [0.4, 0.5) is 4.79 Å². The van der Waals surface area contributed by atoms with Crippen molar-refractivity contribution in [2.24, 2.45) is 0 Å². The number of hydrogen-bond acceptors (Lipinski definition) is 3. The Labute approximate surface area is 144 Å². The van der Waals surface area contributed by atoms with E-state index in [0.29, 0.717) is 19.5 Å².